The number of ketones is 1. The van der Waals surface area contributed by atoms with Crippen molar-refractivity contribution in [3.8, 4) is 5.75 Å². The molecule has 0 saturated carbocycles. The van der Waals surface area contributed by atoms with Crippen LogP contribution in [-0.4, -0.2) is 39.8 Å². The molecule has 1 aliphatic rings. The lowest BCUT2D eigenvalue weighted by molar-refractivity contribution is -0.139. The van der Waals surface area contributed by atoms with Crippen molar-refractivity contribution in [3.05, 3.63) is 71.4 Å². The molecule has 1 saturated heterocycles. The van der Waals surface area contributed by atoms with Crippen LogP contribution >= 0.6 is 0 Å². The second kappa shape index (κ2) is 9.53. The molecular weight excluding hydrogens is 416 g/mol. The number of benzene rings is 2. The number of para-hydroxylation sites is 1. The largest absolute Gasteiger partial charge is 0.507 e. The van der Waals surface area contributed by atoms with Crippen LogP contribution < -0.4 is 4.74 Å². The highest BCUT2D eigenvalue weighted by atomic mass is 16.5. The van der Waals surface area contributed by atoms with Crippen molar-refractivity contribution in [1.29, 1.82) is 0 Å². The number of rotatable bonds is 8. The zero-order valence-corrected chi connectivity index (χ0v) is 19.3. The molecular formula is C27H30N2O4. The number of aromatic nitrogens is 1. The van der Waals surface area contributed by atoms with Gasteiger partial charge in [0.05, 0.1) is 18.2 Å². The van der Waals surface area contributed by atoms with E-state index in [-0.39, 0.29) is 11.3 Å². The van der Waals surface area contributed by atoms with Gasteiger partial charge in [-0.25, -0.2) is 0 Å². The summed E-state index contributed by atoms with van der Waals surface area (Å²) < 4.78 is 5.72. The molecule has 1 unspecified atom stereocenters. The van der Waals surface area contributed by atoms with Crippen molar-refractivity contribution < 1.29 is 19.4 Å². The summed E-state index contributed by atoms with van der Waals surface area (Å²) in [5, 5.41) is 12.2. The topological polar surface area (TPSA) is 82.6 Å². The van der Waals surface area contributed by atoms with Crippen molar-refractivity contribution in [3.63, 3.8) is 0 Å². The molecule has 1 aliphatic heterocycles. The second-order valence-electron chi connectivity index (χ2n) is 8.86. The molecule has 1 amide bonds. The van der Waals surface area contributed by atoms with Gasteiger partial charge in [-0.2, -0.15) is 0 Å². The van der Waals surface area contributed by atoms with Gasteiger partial charge in [0, 0.05) is 34.8 Å². The minimum Gasteiger partial charge on any atom is -0.507 e. The van der Waals surface area contributed by atoms with Crippen LogP contribution in [0.15, 0.2) is 60.3 Å². The number of nitrogens with one attached hydrogen (secondary N) is 1. The quantitative estimate of drug-likeness (QED) is 0.275. The van der Waals surface area contributed by atoms with Crippen LogP contribution in [-0.2, 0) is 9.59 Å². The molecule has 0 spiro atoms. The smallest absolute Gasteiger partial charge is 0.295 e. The molecule has 4 rings (SSSR count). The number of carbonyl (C=O) groups is 2. The van der Waals surface area contributed by atoms with E-state index in [1.54, 1.807) is 29.2 Å². The molecule has 1 aromatic heterocycles. The summed E-state index contributed by atoms with van der Waals surface area (Å²) >= 11 is 0. The summed E-state index contributed by atoms with van der Waals surface area (Å²) in [6.45, 7) is 7.23. The van der Waals surface area contributed by atoms with Gasteiger partial charge >= 0.3 is 0 Å². The number of unbranched alkanes of at least 4 members (excludes halogenated alkanes) is 1. The van der Waals surface area contributed by atoms with Crippen LogP contribution in [0, 0.1) is 5.92 Å². The Labute approximate surface area is 193 Å². The van der Waals surface area contributed by atoms with E-state index in [0.29, 0.717) is 30.4 Å². The fraction of sp³-hybridized carbons (Fsp3) is 0.333. The number of hydrogen-bond donors (Lipinski definition) is 2. The molecule has 2 aromatic carbocycles. The average Bonchev–Trinajstić information content (AvgIpc) is 3.35. The highest BCUT2D eigenvalue weighted by Crippen LogP contribution is 2.42. The number of likely N-dealkylation sites (tertiary alicyclic amines) is 1. The molecule has 2 heterocycles. The van der Waals surface area contributed by atoms with Crippen LogP contribution in [0.4, 0.5) is 0 Å². The van der Waals surface area contributed by atoms with Gasteiger partial charge in [0.25, 0.3) is 11.7 Å². The van der Waals surface area contributed by atoms with Gasteiger partial charge in [-0.15, -0.1) is 0 Å². The number of aliphatic hydroxyl groups excluding tert-OH is 1. The maximum absolute atomic E-state index is 13.1. The lowest BCUT2D eigenvalue weighted by Gasteiger charge is -2.24. The average molecular weight is 447 g/mol. The molecule has 0 bridgehead atoms. The number of ether oxygens (including phenoxy) is 1. The Morgan fingerprint density at radius 1 is 1.12 bits per heavy atom. The van der Waals surface area contributed by atoms with E-state index >= 15 is 0 Å². The Morgan fingerprint density at radius 2 is 1.85 bits per heavy atom. The zero-order valence-electron chi connectivity index (χ0n) is 19.3. The third-order valence-corrected chi connectivity index (χ3v) is 5.92. The van der Waals surface area contributed by atoms with Crippen LogP contribution in [0.1, 0.15) is 50.8 Å². The Bertz CT molecular complexity index is 1190. The normalized spacial score (nSPS) is 17.9. The van der Waals surface area contributed by atoms with Crippen molar-refractivity contribution in [2.75, 3.05) is 13.2 Å². The number of carbonyl (C=O) groups excluding carboxylic acids is 2. The number of aromatic amines is 1. The lowest BCUT2D eigenvalue weighted by Crippen LogP contribution is -2.30. The van der Waals surface area contributed by atoms with E-state index in [2.05, 4.69) is 18.8 Å². The van der Waals surface area contributed by atoms with Gasteiger partial charge in [-0.1, -0.05) is 45.4 Å². The second-order valence-corrected chi connectivity index (χ2v) is 8.86. The van der Waals surface area contributed by atoms with E-state index in [0.717, 1.165) is 29.3 Å². The predicted molar refractivity (Wildman–Crippen MR) is 129 cm³/mol. The first kappa shape index (κ1) is 22.6. The van der Waals surface area contributed by atoms with E-state index < -0.39 is 17.7 Å². The molecule has 2 N–H and O–H groups in total. The zero-order chi connectivity index (χ0) is 23.5. The van der Waals surface area contributed by atoms with Crippen LogP contribution in [0.25, 0.3) is 16.7 Å². The Kier molecular flexibility index (Phi) is 6.54. The molecule has 0 aliphatic carbocycles. The first-order chi connectivity index (χ1) is 15.9. The number of Topliss-reactive ketones (excluding diaryl/α,β-unsaturated/α-hetero) is 1. The van der Waals surface area contributed by atoms with Gasteiger partial charge in [0.1, 0.15) is 11.5 Å². The summed E-state index contributed by atoms with van der Waals surface area (Å²) in [6, 6.07) is 14.1. The summed E-state index contributed by atoms with van der Waals surface area (Å²) in [5.74, 6) is -0.306. The van der Waals surface area contributed by atoms with Crippen molar-refractivity contribution in [2.45, 2.75) is 39.7 Å². The predicted octanol–water partition coefficient (Wildman–Crippen LogP) is 5.42. The monoisotopic (exact) mass is 446 g/mol. The Hall–Kier alpha value is -3.54. The van der Waals surface area contributed by atoms with Gasteiger partial charge in [-0.05, 0) is 42.7 Å². The van der Waals surface area contributed by atoms with Crippen LogP contribution in [0.5, 0.6) is 5.75 Å². The van der Waals surface area contributed by atoms with E-state index in [9.17, 15) is 14.7 Å². The number of H-pyrrole nitrogens is 1. The minimum atomic E-state index is -0.654. The van der Waals surface area contributed by atoms with Gasteiger partial charge in [0.2, 0.25) is 0 Å². The molecule has 6 heteroatoms. The maximum atomic E-state index is 13.1. The third-order valence-electron chi connectivity index (χ3n) is 5.92. The van der Waals surface area contributed by atoms with Gasteiger partial charge in [0.15, 0.2) is 0 Å². The molecule has 172 valence electrons. The fourth-order valence-electron chi connectivity index (χ4n) is 4.21. The molecule has 6 nitrogen and oxygen atoms in total. The van der Waals surface area contributed by atoms with Crippen LogP contribution in [0.3, 0.4) is 0 Å². The lowest BCUT2D eigenvalue weighted by atomic mass is 9.95. The summed E-state index contributed by atoms with van der Waals surface area (Å²) in [4.78, 5) is 31.0. The highest BCUT2D eigenvalue weighted by molar-refractivity contribution is 6.46. The number of amides is 1. The first-order valence-electron chi connectivity index (χ1n) is 11.5. The van der Waals surface area contributed by atoms with E-state index in [1.165, 1.54) is 0 Å². The molecule has 3 aromatic rings. The van der Waals surface area contributed by atoms with Crippen LogP contribution in [0.2, 0.25) is 0 Å². The molecule has 1 atom stereocenters. The minimum absolute atomic E-state index is 0.122. The first-order valence-corrected chi connectivity index (χ1v) is 11.5. The molecule has 33 heavy (non-hydrogen) atoms. The molecule has 0 radical (unpaired) electrons. The summed E-state index contributed by atoms with van der Waals surface area (Å²) in [5.41, 5.74) is 2.32. The standard InChI is InChI=1S/C27H30N2O4/c1-4-5-14-29-24(21-15-28-22-9-7-6-8-20(21)22)23(26(31)27(29)32)25(30)18-10-12-19(13-11-18)33-16-17(2)3/h6-13,15,17,24,28,30H,4-5,14,16H2,1-3H3/b25-23+. The Balaban J connectivity index is 1.79. The third kappa shape index (κ3) is 4.38. The number of hydrogen-bond acceptors (Lipinski definition) is 4. The SMILES string of the molecule is CCCCN1C(=O)C(=O)/C(=C(/O)c2ccc(OCC(C)C)cc2)C1c1c[nH]c2ccccc12. The van der Waals surface area contributed by atoms with E-state index in [4.69, 9.17) is 4.74 Å². The number of fused-ring (bicyclic) bond motifs is 1. The Morgan fingerprint density at radius 3 is 2.55 bits per heavy atom. The highest BCUT2D eigenvalue weighted by Gasteiger charge is 2.46. The van der Waals surface area contributed by atoms with Gasteiger partial charge < -0.3 is 19.7 Å². The number of aliphatic hydroxyl groups is 1. The summed E-state index contributed by atoms with van der Waals surface area (Å²) in [7, 11) is 0. The number of nitrogens with zero attached hydrogens (tertiary/aromatic N) is 1. The fourth-order valence-corrected chi connectivity index (χ4v) is 4.21. The van der Waals surface area contributed by atoms with Crippen molar-refractivity contribution >= 4 is 28.4 Å². The van der Waals surface area contributed by atoms with Crippen molar-refractivity contribution in [1.82, 2.24) is 9.88 Å². The maximum Gasteiger partial charge on any atom is 0.295 e. The van der Waals surface area contributed by atoms with Gasteiger partial charge in [-0.3, -0.25) is 9.59 Å². The summed E-state index contributed by atoms with van der Waals surface area (Å²) in [6.07, 6.45) is 3.49. The van der Waals surface area contributed by atoms with E-state index in [1.807, 2.05) is 37.4 Å². The van der Waals surface area contributed by atoms with Crippen molar-refractivity contribution in [2.24, 2.45) is 5.92 Å². The molecule has 1 fully saturated rings.